The molecular formula is C29H61NO. The summed E-state index contributed by atoms with van der Waals surface area (Å²) in [6.45, 7) is 8.87. The van der Waals surface area contributed by atoms with Gasteiger partial charge in [-0.3, -0.25) is 5.32 Å². The van der Waals surface area contributed by atoms with Crippen LogP contribution in [-0.4, -0.2) is 19.4 Å². The molecule has 0 aliphatic carbocycles. The first-order valence-corrected chi connectivity index (χ1v) is 14.7. The Balaban J connectivity index is 3.26. The van der Waals surface area contributed by atoms with E-state index in [2.05, 4.69) is 26.1 Å². The zero-order valence-corrected chi connectivity index (χ0v) is 22.2. The summed E-state index contributed by atoms with van der Waals surface area (Å²) < 4.78 is 6.06. The van der Waals surface area contributed by atoms with Crippen LogP contribution in [-0.2, 0) is 4.74 Å². The van der Waals surface area contributed by atoms with Gasteiger partial charge in [0.25, 0.3) is 0 Å². The van der Waals surface area contributed by atoms with E-state index < -0.39 is 0 Å². The highest BCUT2D eigenvalue weighted by atomic mass is 16.5. The van der Waals surface area contributed by atoms with Gasteiger partial charge in [-0.25, -0.2) is 0 Å². The Labute approximate surface area is 198 Å². The number of ether oxygens (including phenoxy) is 1. The number of rotatable bonds is 27. The summed E-state index contributed by atoms with van der Waals surface area (Å²) in [6, 6.07) is 0. The lowest BCUT2D eigenvalue weighted by Gasteiger charge is -2.18. The highest BCUT2D eigenvalue weighted by Gasteiger charge is 2.04. The molecule has 0 radical (unpaired) electrons. The van der Waals surface area contributed by atoms with Crippen LogP contribution in [0.4, 0.5) is 0 Å². The van der Waals surface area contributed by atoms with Crippen LogP contribution in [0.1, 0.15) is 168 Å². The Bertz CT molecular complexity index is 307. The van der Waals surface area contributed by atoms with E-state index >= 15 is 0 Å². The monoisotopic (exact) mass is 439 g/mol. The quantitative estimate of drug-likeness (QED) is 0.101. The second-order valence-corrected chi connectivity index (χ2v) is 9.79. The van der Waals surface area contributed by atoms with Crippen LogP contribution in [0.3, 0.4) is 0 Å². The van der Waals surface area contributed by atoms with Crippen molar-refractivity contribution in [3.05, 3.63) is 0 Å². The summed E-state index contributed by atoms with van der Waals surface area (Å²) in [5.41, 5.74) is 0. The molecule has 0 aliphatic heterocycles. The Morgan fingerprint density at radius 1 is 0.452 bits per heavy atom. The summed E-state index contributed by atoms with van der Waals surface area (Å²) in [5, 5.41) is 3.62. The summed E-state index contributed by atoms with van der Waals surface area (Å²) in [5.74, 6) is 0. The van der Waals surface area contributed by atoms with E-state index in [0.29, 0.717) is 0 Å². The third-order valence-corrected chi connectivity index (χ3v) is 6.59. The average molecular weight is 440 g/mol. The van der Waals surface area contributed by atoms with E-state index in [4.69, 9.17) is 4.74 Å². The van der Waals surface area contributed by atoms with Gasteiger partial charge in [0.1, 0.15) is 6.23 Å². The maximum absolute atomic E-state index is 6.06. The van der Waals surface area contributed by atoms with Crippen molar-refractivity contribution in [3.63, 3.8) is 0 Å². The molecule has 0 heterocycles. The van der Waals surface area contributed by atoms with Gasteiger partial charge in [0, 0.05) is 6.61 Å². The Morgan fingerprint density at radius 2 is 0.806 bits per heavy atom. The van der Waals surface area contributed by atoms with Crippen molar-refractivity contribution in [2.75, 3.05) is 13.2 Å². The molecule has 31 heavy (non-hydrogen) atoms. The SMILES string of the molecule is CCCCCCCCCCCCCCOC(CC)NCCCCCCCCCCCC. The minimum absolute atomic E-state index is 0.270. The molecule has 0 aromatic carbocycles. The smallest absolute Gasteiger partial charge is 0.107 e. The maximum atomic E-state index is 6.06. The lowest BCUT2D eigenvalue weighted by atomic mass is 10.1. The molecule has 0 saturated carbocycles. The molecule has 0 saturated heterocycles. The van der Waals surface area contributed by atoms with Crippen LogP contribution in [0.5, 0.6) is 0 Å². The van der Waals surface area contributed by atoms with E-state index in [9.17, 15) is 0 Å². The second kappa shape index (κ2) is 28.0. The summed E-state index contributed by atoms with van der Waals surface area (Å²) in [6.07, 6.45) is 32.3. The minimum Gasteiger partial charge on any atom is -0.363 e. The van der Waals surface area contributed by atoms with E-state index in [-0.39, 0.29) is 6.23 Å². The maximum Gasteiger partial charge on any atom is 0.107 e. The molecule has 0 aliphatic rings. The Kier molecular flexibility index (Phi) is 27.9. The molecule has 0 bridgehead atoms. The Morgan fingerprint density at radius 3 is 1.19 bits per heavy atom. The fraction of sp³-hybridized carbons (Fsp3) is 1.00. The molecule has 0 spiro atoms. The van der Waals surface area contributed by atoms with Gasteiger partial charge in [0.2, 0.25) is 0 Å². The minimum atomic E-state index is 0.270. The van der Waals surface area contributed by atoms with Crippen molar-refractivity contribution in [1.29, 1.82) is 0 Å². The summed E-state index contributed by atoms with van der Waals surface area (Å²) in [4.78, 5) is 0. The van der Waals surface area contributed by atoms with Gasteiger partial charge >= 0.3 is 0 Å². The fourth-order valence-electron chi connectivity index (χ4n) is 4.37. The third-order valence-electron chi connectivity index (χ3n) is 6.59. The number of unbranched alkanes of at least 4 members (excludes halogenated alkanes) is 20. The van der Waals surface area contributed by atoms with Crippen molar-refractivity contribution in [2.24, 2.45) is 0 Å². The van der Waals surface area contributed by atoms with Gasteiger partial charge in [0.15, 0.2) is 0 Å². The predicted molar refractivity (Wildman–Crippen MR) is 141 cm³/mol. The van der Waals surface area contributed by atoms with Crippen molar-refractivity contribution in [2.45, 2.75) is 175 Å². The molecule has 1 unspecified atom stereocenters. The van der Waals surface area contributed by atoms with Gasteiger partial charge in [-0.1, -0.05) is 149 Å². The first-order chi connectivity index (χ1) is 15.3. The van der Waals surface area contributed by atoms with E-state index in [1.807, 2.05) is 0 Å². The lowest BCUT2D eigenvalue weighted by molar-refractivity contribution is 0.0249. The normalized spacial score (nSPS) is 12.5. The van der Waals surface area contributed by atoms with Crippen LogP contribution in [0.25, 0.3) is 0 Å². The lowest BCUT2D eigenvalue weighted by Crippen LogP contribution is -2.32. The highest BCUT2D eigenvalue weighted by molar-refractivity contribution is 4.56. The van der Waals surface area contributed by atoms with Crippen LogP contribution in [0, 0.1) is 0 Å². The molecule has 1 N–H and O–H groups in total. The zero-order chi connectivity index (χ0) is 22.7. The van der Waals surface area contributed by atoms with Gasteiger partial charge in [-0.2, -0.15) is 0 Å². The molecule has 0 aromatic heterocycles. The molecule has 0 fully saturated rings. The molecule has 2 heteroatoms. The molecule has 0 rings (SSSR count). The molecular weight excluding hydrogens is 378 g/mol. The highest BCUT2D eigenvalue weighted by Crippen LogP contribution is 2.12. The number of nitrogens with one attached hydrogen (secondary N) is 1. The van der Waals surface area contributed by atoms with Gasteiger partial charge in [0.05, 0.1) is 0 Å². The summed E-state index contributed by atoms with van der Waals surface area (Å²) >= 11 is 0. The van der Waals surface area contributed by atoms with E-state index in [1.165, 1.54) is 141 Å². The van der Waals surface area contributed by atoms with Crippen molar-refractivity contribution >= 4 is 0 Å². The van der Waals surface area contributed by atoms with Crippen molar-refractivity contribution in [1.82, 2.24) is 5.32 Å². The molecule has 1 atom stereocenters. The van der Waals surface area contributed by atoms with Crippen molar-refractivity contribution < 1.29 is 4.74 Å². The predicted octanol–water partition coefficient (Wildman–Crippen LogP) is 9.95. The standard InChI is InChI=1S/C29H61NO/c1-4-7-9-11-13-15-17-18-20-22-24-26-28-31-29(6-3)30-27-25-23-21-19-16-14-12-10-8-5-2/h29-30H,4-28H2,1-3H3. The molecule has 188 valence electrons. The van der Waals surface area contributed by atoms with Crippen LogP contribution >= 0.6 is 0 Å². The first kappa shape index (κ1) is 30.9. The molecule has 2 nitrogen and oxygen atoms in total. The van der Waals surface area contributed by atoms with Crippen LogP contribution in [0.15, 0.2) is 0 Å². The van der Waals surface area contributed by atoms with Crippen LogP contribution in [0.2, 0.25) is 0 Å². The van der Waals surface area contributed by atoms with Crippen LogP contribution < -0.4 is 5.32 Å². The van der Waals surface area contributed by atoms with Gasteiger partial charge < -0.3 is 4.74 Å². The van der Waals surface area contributed by atoms with Gasteiger partial charge in [-0.05, 0) is 25.8 Å². The molecule has 0 aromatic rings. The fourth-order valence-corrected chi connectivity index (χ4v) is 4.37. The Hall–Kier alpha value is -0.0800. The topological polar surface area (TPSA) is 21.3 Å². The molecule has 0 amide bonds. The average Bonchev–Trinajstić information content (AvgIpc) is 2.79. The second-order valence-electron chi connectivity index (χ2n) is 9.79. The summed E-state index contributed by atoms with van der Waals surface area (Å²) in [7, 11) is 0. The largest absolute Gasteiger partial charge is 0.363 e. The van der Waals surface area contributed by atoms with E-state index in [0.717, 1.165) is 19.6 Å². The van der Waals surface area contributed by atoms with Crippen molar-refractivity contribution in [3.8, 4) is 0 Å². The third kappa shape index (κ3) is 26.1. The number of hydrogen-bond donors (Lipinski definition) is 1. The number of hydrogen-bond acceptors (Lipinski definition) is 2. The van der Waals surface area contributed by atoms with E-state index in [1.54, 1.807) is 0 Å². The zero-order valence-electron chi connectivity index (χ0n) is 22.2. The van der Waals surface area contributed by atoms with Gasteiger partial charge in [-0.15, -0.1) is 0 Å². The first-order valence-electron chi connectivity index (χ1n) is 14.7.